The number of carbonyl (C=O) groups is 2. The Labute approximate surface area is 421 Å². The number of aliphatic hydroxyl groups is 3. The second kappa shape index (κ2) is 37.6. The van der Waals surface area contributed by atoms with Gasteiger partial charge in [-0.05, 0) is 50.5 Å². The maximum atomic E-state index is 12.9. The maximum Gasteiger partial charge on any atom is 0.481 e. The molecular weight excluding hydrogens is 961 g/mol. The molecule has 0 radical (unpaired) electrons. The van der Waals surface area contributed by atoms with Gasteiger partial charge in [-0.2, -0.15) is 9.29 Å². The summed E-state index contributed by atoms with van der Waals surface area (Å²) >= 11 is 0. The molecule has 0 bridgehead atoms. The summed E-state index contributed by atoms with van der Waals surface area (Å²) in [6, 6.07) is 1.24. The van der Waals surface area contributed by atoms with Crippen LogP contribution in [0.15, 0.2) is 53.5 Å². The van der Waals surface area contributed by atoms with Crippen molar-refractivity contribution in [2.75, 3.05) is 25.6 Å². The van der Waals surface area contributed by atoms with E-state index < -0.39 is 89.8 Å². The van der Waals surface area contributed by atoms with E-state index >= 15 is 0 Å². The molecule has 71 heavy (non-hydrogen) atoms. The number of phosphoric ester groups is 2. The zero-order valence-electron chi connectivity index (χ0n) is 42.6. The number of nitrogen functional groups attached to an aromatic ring is 1. The van der Waals surface area contributed by atoms with E-state index in [9.17, 15) is 48.6 Å². The number of allylic oxidation sites excluding steroid dienone is 5. The number of ether oxygens (including phenoxy) is 3. The molecule has 408 valence electrons. The number of nitrogens with two attached hydrogens (primary N) is 1. The van der Waals surface area contributed by atoms with Gasteiger partial charge in [-0.15, -0.1) is 0 Å². The third kappa shape index (κ3) is 31.3. The van der Waals surface area contributed by atoms with Crippen molar-refractivity contribution in [1.29, 1.82) is 0 Å². The van der Waals surface area contributed by atoms with Crippen molar-refractivity contribution in [2.24, 2.45) is 5.92 Å². The van der Waals surface area contributed by atoms with Crippen LogP contribution in [0.2, 0.25) is 0 Å². The standard InChI is InChI=1S/C50H87N3O16P2/c1-4-5-6-7-8-9-10-11-15-18-21-24-27-31-41(54)32-29-34-46(56)67-42(37-64-45(55)33-28-25-22-19-16-13-12-14-17-20-23-26-30-40(2)3)38-65-70(60,61)69-71(62,63)66-39-43-47(57)48(58)49(68-43)53-36-35-44(51)52-50(53)59/h11,15,21,24,27,31,35-36,40-43,47-49,54,57-58H,4-10,12-14,16-20,22-23,25-26,28-30,32-34,37-39H2,1-3H3,(H,60,61)(H,62,63)(H2,51,52,59)/b15-11+,24-21+,31-27+/t41?,42-,43-,47-,48-,49-/m1/s1. The van der Waals surface area contributed by atoms with E-state index in [4.69, 9.17) is 29.0 Å². The van der Waals surface area contributed by atoms with Crippen molar-refractivity contribution in [3.05, 3.63) is 59.2 Å². The molecule has 1 aromatic heterocycles. The van der Waals surface area contributed by atoms with Crippen LogP contribution in [0.1, 0.15) is 188 Å². The van der Waals surface area contributed by atoms with Gasteiger partial charge in [0.05, 0.1) is 19.3 Å². The van der Waals surface area contributed by atoms with Gasteiger partial charge in [0.25, 0.3) is 0 Å². The predicted octanol–water partition coefficient (Wildman–Crippen LogP) is 9.61. The van der Waals surface area contributed by atoms with Crippen molar-refractivity contribution >= 4 is 33.4 Å². The second-order valence-electron chi connectivity index (χ2n) is 18.7. The fraction of sp³-hybridized carbons (Fsp3) is 0.760. The summed E-state index contributed by atoms with van der Waals surface area (Å²) in [5, 5.41) is 31.3. The summed E-state index contributed by atoms with van der Waals surface area (Å²) in [4.78, 5) is 61.9. The first-order valence-corrected chi connectivity index (χ1v) is 29.0. The molecule has 0 spiro atoms. The largest absolute Gasteiger partial charge is 0.481 e. The Hall–Kier alpha value is -3.06. The van der Waals surface area contributed by atoms with Gasteiger partial charge in [-0.1, -0.05) is 166 Å². The molecule has 1 aliphatic heterocycles. The van der Waals surface area contributed by atoms with Crippen LogP contribution in [0.5, 0.6) is 0 Å². The van der Waals surface area contributed by atoms with E-state index in [1.54, 1.807) is 12.2 Å². The lowest BCUT2D eigenvalue weighted by atomic mass is 10.0. The molecule has 1 fully saturated rings. The van der Waals surface area contributed by atoms with Crippen LogP contribution >= 0.6 is 15.6 Å². The molecule has 3 unspecified atom stereocenters. The number of phosphoric acid groups is 2. The van der Waals surface area contributed by atoms with E-state index in [0.29, 0.717) is 6.42 Å². The van der Waals surface area contributed by atoms with Crippen LogP contribution in [-0.4, -0.2) is 96.9 Å². The van der Waals surface area contributed by atoms with Crippen LogP contribution in [-0.2, 0) is 46.3 Å². The average Bonchev–Trinajstić information content (AvgIpc) is 3.59. The number of aliphatic hydroxyl groups excluding tert-OH is 3. The summed E-state index contributed by atoms with van der Waals surface area (Å²) in [7, 11) is -10.9. The number of hydrogen-bond acceptors (Lipinski definition) is 16. The Morgan fingerprint density at radius 3 is 2.03 bits per heavy atom. The number of unbranched alkanes of at least 4 members (excludes halogenated alkanes) is 17. The van der Waals surface area contributed by atoms with Crippen LogP contribution in [0.4, 0.5) is 5.82 Å². The SMILES string of the molecule is CCCCCCCC/C=C/C/C=C/C=C/C(O)CCCC(=O)O[C@H](COC(=O)CCCCCCCCCCCCCCC(C)C)COP(=O)(O)OP(=O)(O)OC[C@H]1O[C@@H](n2ccc(N)nc2=O)[C@H](O)[C@@H]1O. The summed E-state index contributed by atoms with van der Waals surface area (Å²) < 4.78 is 56.6. The third-order valence-electron chi connectivity index (χ3n) is 11.8. The van der Waals surface area contributed by atoms with Gasteiger partial charge in [-0.25, -0.2) is 13.9 Å². The van der Waals surface area contributed by atoms with Crippen molar-refractivity contribution in [3.63, 3.8) is 0 Å². The number of aromatic nitrogens is 2. The van der Waals surface area contributed by atoms with Crippen molar-refractivity contribution in [2.45, 2.75) is 218 Å². The first kappa shape index (κ1) is 64.1. The molecular formula is C50H87N3O16P2. The third-order valence-corrected chi connectivity index (χ3v) is 14.4. The molecule has 1 aliphatic rings. The van der Waals surface area contributed by atoms with Gasteiger partial charge in [0.2, 0.25) is 0 Å². The minimum Gasteiger partial charge on any atom is -0.462 e. The summed E-state index contributed by atoms with van der Waals surface area (Å²) in [5.74, 6) is -0.728. The lowest BCUT2D eigenvalue weighted by Crippen LogP contribution is -2.36. The van der Waals surface area contributed by atoms with Crippen LogP contribution in [0.25, 0.3) is 0 Å². The van der Waals surface area contributed by atoms with Crippen LogP contribution < -0.4 is 11.4 Å². The van der Waals surface area contributed by atoms with Crippen LogP contribution in [0, 0.1) is 5.92 Å². The van der Waals surface area contributed by atoms with E-state index in [0.717, 1.165) is 55.2 Å². The molecule has 0 aliphatic carbocycles. The minimum absolute atomic E-state index is 0.0896. The van der Waals surface area contributed by atoms with Gasteiger partial charge < -0.3 is 45.1 Å². The lowest BCUT2D eigenvalue weighted by molar-refractivity contribution is -0.161. The van der Waals surface area contributed by atoms with Crippen molar-refractivity contribution < 1.29 is 71.4 Å². The zero-order valence-corrected chi connectivity index (χ0v) is 44.3. The number of rotatable bonds is 42. The Morgan fingerprint density at radius 2 is 1.38 bits per heavy atom. The Morgan fingerprint density at radius 1 is 0.775 bits per heavy atom. The molecule has 0 amide bonds. The highest BCUT2D eigenvalue weighted by Gasteiger charge is 2.46. The second-order valence-corrected chi connectivity index (χ2v) is 21.7. The van der Waals surface area contributed by atoms with Gasteiger partial charge in [-0.3, -0.25) is 23.2 Å². The zero-order chi connectivity index (χ0) is 52.3. The van der Waals surface area contributed by atoms with Crippen molar-refractivity contribution in [3.8, 4) is 0 Å². The molecule has 21 heteroatoms. The summed E-state index contributed by atoms with van der Waals surface area (Å²) in [5.41, 5.74) is 4.57. The predicted molar refractivity (Wildman–Crippen MR) is 272 cm³/mol. The molecule has 2 heterocycles. The molecule has 19 nitrogen and oxygen atoms in total. The molecule has 0 saturated carbocycles. The lowest BCUT2D eigenvalue weighted by Gasteiger charge is -2.21. The highest BCUT2D eigenvalue weighted by atomic mass is 31.3. The van der Waals surface area contributed by atoms with Gasteiger partial charge in [0.15, 0.2) is 12.3 Å². The number of esters is 2. The van der Waals surface area contributed by atoms with Gasteiger partial charge in [0, 0.05) is 19.0 Å². The maximum absolute atomic E-state index is 12.9. The average molecular weight is 1050 g/mol. The molecule has 1 saturated heterocycles. The normalized spacial score (nSPS) is 20.0. The summed E-state index contributed by atoms with van der Waals surface area (Å²) in [6.45, 7) is 4.28. The first-order valence-electron chi connectivity index (χ1n) is 26.0. The van der Waals surface area contributed by atoms with Gasteiger partial charge in [0.1, 0.15) is 30.7 Å². The smallest absolute Gasteiger partial charge is 0.462 e. The fourth-order valence-electron chi connectivity index (χ4n) is 7.68. The first-order chi connectivity index (χ1) is 33.9. The fourth-order valence-corrected chi connectivity index (χ4v) is 9.79. The Kier molecular flexibility index (Phi) is 34.0. The Bertz CT molecular complexity index is 1860. The quantitative estimate of drug-likeness (QED) is 0.0117. The monoisotopic (exact) mass is 1050 g/mol. The van der Waals surface area contributed by atoms with Gasteiger partial charge >= 0.3 is 33.3 Å². The highest BCUT2D eigenvalue weighted by Crippen LogP contribution is 2.60. The summed E-state index contributed by atoms with van der Waals surface area (Å²) in [6.07, 6.45) is 28.3. The number of carbonyl (C=O) groups excluding carboxylic acids is 2. The Balaban J connectivity index is 1.85. The number of hydrogen-bond donors (Lipinski definition) is 6. The number of nitrogens with zero attached hydrogens (tertiary/aromatic N) is 2. The van der Waals surface area contributed by atoms with E-state index in [1.807, 2.05) is 12.2 Å². The molecule has 8 atom stereocenters. The van der Waals surface area contributed by atoms with E-state index in [-0.39, 0.29) is 31.5 Å². The highest BCUT2D eigenvalue weighted by molar-refractivity contribution is 7.61. The molecule has 0 aromatic carbocycles. The molecule has 1 aromatic rings. The van der Waals surface area contributed by atoms with Crippen LogP contribution in [0.3, 0.4) is 0 Å². The molecule has 2 rings (SSSR count). The van der Waals surface area contributed by atoms with E-state index in [2.05, 4.69) is 42.2 Å². The van der Waals surface area contributed by atoms with Crippen molar-refractivity contribution in [1.82, 2.24) is 9.55 Å². The molecule has 7 N–H and O–H groups in total. The topological polar surface area (TPSA) is 286 Å². The number of anilines is 1. The van der Waals surface area contributed by atoms with E-state index in [1.165, 1.54) is 96.0 Å². The minimum atomic E-state index is -5.47.